The van der Waals surface area contributed by atoms with Crippen LogP contribution in [0.2, 0.25) is 0 Å². The predicted octanol–water partition coefficient (Wildman–Crippen LogP) is 2.74. The Labute approximate surface area is 143 Å². The van der Waals surface area contributed by atoms with E-state index >= 15 is 0 Å². The highest BCUT2D eigenvalue weighted by molar-refractivity contribution is 8.14. The summed E-state index contributed by atoms with van der Waals surface area (Å²) in [5, 5.41) is 6.12. The summed E-state index contributed by atoms with van der Waals surface area (Å²) >= 11 is 1.04. The molecule has 1 amide bonds. The molecule has 23 heavy (non-hydrogen) atoms. The molecule has 0 saturated heterocycles. The molecule has 0 aromatic rings. The highest BCUT2D eigenvalue weighted by Gasteiger charge is 2.14. The fraction of sp³-hybridized carbons (Fsp3) is 0.647. The molecule has 0 aromatic carbocycles. The van der Waals surface area contributed by atoms with Gasteiger partial charge >= 0.3 is 0 Å². The minimum atomic E-state index is -0.0725. The van der Waals surface area contributed by atoms with Crippen LogP contribution in [-0.4, -0.2) is 36.0 Å². The molecule has 0 saturated carbocycles. The van der Waals surface area contributed by atoms with E-state index < -0.39 is 0 Å². The van der Waals surface area contributed by atoms with Crippen LogP contribution in [0, 0.1) is 0 Å². The molecule has 1 heterocycles. The smallest absolute Gasteiger partial charge is 0.230 e. The fourth-order valence-corrected chi connectivity index (χ4v) is 2.65. The Kier molecular flexibility index (Phi) is 9.52. The quantitative estimate of drug-likeness (QED) is 0.566. The van der Waals surface area contributed by atoms with Gasteiger partial charge in [-0.25, -0.2) is 0 Å². The van der Waals surface area contributed by atoms with Crippen LogP contribution >= 0.6 is 11.8 Å². The van der Waals surface area contributed by atoms with E-state index in [0.29, 0.717) is 6.54 Å². The number of carbonyl (C=O) groups is 2. The summed E-state index contributed by atoms with van der Waals surface area (Å²) in [5.41, 5.74) is 1.04. The SMILES string of the molecule is C=C(CCCCCNC(=O)CSC(C)=O)NCC1CC=C(C)O1. The third-order valence-corrected chi connectivity index (χ3v) is 4.30. The highest BCUT2D eigenvalue weighted by atomic mass is 32.2. The third-order valence-electron chi connectivity index (χ3n) is 3.48. The van der Waals surface area contributed by atoms with Gasteiger partial charge in [0.1, 0.15) is 6.10 Å². The summed E-state index contributed by atoms with van der Waals surface area (Å²) in [6.07, 6.45) is 7.28. The Morgan fingerprint density at radius 1 is 1.35 bits per heavy atom. The van der Waals surface area contributed by atoms with Crippen molar-refractivity contribution in [2.75, 3.05) is 18.8 Å². The van der Waals surface area contributed by atoms with Gasteiger partial charge in [-0.1, -0.05) is 24.8 Å². The molecule has 0 spiro atoms. The average molecular weight is 340 g/mol. The van der Waals surface area contributed by atoms with Crippen molar-refractivity contribution in [1.82, 2.24) is 10.6 Å². The second kappa shape index (κ2) is 11.2. The molecular weight excluding hydrogens is 312 g/mol. The molecule has 1 aliphatic rings. The molecule has 1 atom stereocenters. The van der Waals surface area contributed by atoms with E-state index in [1.54, 1.807) is 0 Å². The van der Waals surface area contributed by atoms with Gasteiger partial charge in [0.2, 0.25) is 5.91 Å². The minimum Gasteiger partial charge on any atom is -0.493 e. The van der Waals surface area contributed by atoms with Gasteiger partial charge in [0.15, 0.2) is 5.12 Å². The molecular formula is C17H28N2O3S. The molecule has 2 N–H and O–H groups in total. The van der Waals surface area contributed by atoms with Crippen LogP contribution in [0.15, 0.2) is 24.1 Å². The van der Waals surface area contributed by atoms with Crippen molar-refractivity contribution in [2.24, 2.45) is 0 Å². The number of hydrogen-bond acceptors (Lipinski definition) is 5. The normalized spacial score (nSPS) is 16.4. The molecule has 0 bridgehead atoms. The van der Waals surface area contributed by atoms with E-state index in [-0.39, 0.29) is 22.9 Å². The van der Waals surface area contributed by atoms with E-state index in [0.717, 1.165) is 61.9 Å². The Morgan fingerprint density at radius 2 is 2.13 bits per heavy atom. The van der Waals surface area contributed by atoms with Crippen molar-refractivity contribution in [3.63, 3.8) is 0 Å². The van der Waals surface area contributed by atoms with Gasteiger partial charge in [-0.3, -0.25) is 9.59 Å². The van der Waals surface area contributed by atoms with Gasteiger partial charge in [-0.15, -0.1) is 0 Å². The summed E-state index contributed by atoms with van der Waals surface area (Å²) in [6.45, 7) is 8.95. The molecule has 0 aromatic heterocycles. The lowest BCUT2D eigenvalue weighted by molar-refractivity contribution is -0.118. The lowest BCUT2D eigenvalue weighted by Crippen LogP contribution is -2.26. The molecule has 0 radical (unpaired) electrons. The largest absolute Gasteiger partial charge is 0.493 e. The number of amides is 1. The topological polar surface area (TPSA) is 67.4 Å². The van der Waals surface area contributed by atoms with Crippen molar-refractivity contribution in [2.45, 2.75) is 52.1 Å². The minimum absolute atomic E-state index is 0.0277. The van der Waals surface area contributed by atoms with Crippen LogP contribution in [0.3, 0.4) is 0 Å². The molecule has 0 aliphatic carbocycles. The third kappa shape index (κ3) is 10.0. The maximum absolute atomic E-state index is 11.4. The lowest BCUT2D eigenvalue weighted by Gasteiger charge is -2.15. The van der Waals surface area contributed by atoms with Gasteiger partial charge in [0, 0.05) is 25.6 Å². The van der Waals surface area contributed by atoms with Gasteiger partial charge in [-0.2, -0.15) is 0 Å². The number of nitrogens with one attached hydrogen (secondary N) is 2. The van der Waals surface area contributed by atoms with Crippen LogP contribution in [0.25, 0.3) is 0 Å². The number of unbranched alkanes of at least 4 members (excludes halogenated alkanes) is 2. The first kappa shape index (κ1) is 19.6. The van der Waals surface area contributed by atoms with E-state index in [1.165, 1.54) is 6.92 Å². The number of hydrogen-bond donors (Lipinski definition) is 2. The molecule has 0 fully saturated rings. The summed E-state index contributed by atoms with van der Waals surface area (Å²) in [7, 11) is 0. The summed E-state index contributed by atoms with van der Waals surface area (Å²) < 4.78 is 5.62. The Bertz CT molecular complexity index is 449. The number of thioether (sulfide) groups is 1. The monoisotopic (exact) mass is 340 g/mol. The van der Waals surface area contributed by atoms with Crippen molar-refractivity contribution < 1.29 is 14.3 Å². The predicted molar refractivity (Wildman–Crippen MR) is 95.0 cm³/mol. The maximum Gasteiger partial charge on any atom is 0.230 e. The zero-order chi connectivity index (χ0) is 17.1. The van der Waals surface area contributed by atoms with Gasteiger partial charge in [-0.05, 0) is 32.3 Å². The summed E-state index contributed by atoms with van der Waals surface area (Å²) in [4.78, 5) is 22.1. The first-order valence-corrected chi connectivity index (χ1v) is 9.11. The first-order chi connectivity index (χ1) is 11.0. The molecule has 1 unspecified atom stereocenters. The van der Waals surface area contributed by atoms with E-state index in [1.807, 2.05) is 6.92 Å². The Morgan fingerprint density at radius 3 is 2.78 bits per heavy atom. The standard InChI is InChI=1S/C17H28N2O3S/c1-13(19-11-16-9-8-14(2)22-16)7-5-4-6-10-18-17(21)12-23-15(3)20/h8,16,19H,1,4-7,9-12H2,2-3H3,(H,18,21). The maximum atomic E-state index is 11.4. The van der Waals surface area contributed by atoms with Crippen LogP contribution in [0.4, 0.5) is 0 Å². The number of allylic oxidation sites excluding steroid dienone is 2. The van der Waals surface area contributed by atoms with E-state index in [2.05, 4.69) is 23.3 Å². The number of ether oxygens (including phenoxy) is 1. The van der Waals surface area contributed by atoms with Gasteiger partial charge in [0.25, 0.3) is 0 Å². The number of carbonyl (C=O) groups excluding carboxylic acids is 2. The van der Waals surface area contributed by atoms with Crippen LogP contribution in [0.5, 0.6) is 0 Å². The van der Waals surface area contributed by atoms with Gasteiger partial charge in [0.05, 0.1) is 18.1 Å². The molecule has 130 valence electrons. The Hall–Kier alpha value is -1.43. The van der Waals surface area contributed by atoms with Crippen LogP contribution in [-0.2, 0) is 14.3 Å². The van der Waals surface area contributed by atoms with Crippen LogP contribution in [0.1, 0.15) is 46.0 Å². The fourth-order valence-electron chi connectivity index (χ4n) is 2.21. The molecule has 5 nitrogen and oxygen atoms in total. The second-order valence-electron chi connectivity index (χ2n) is 5.72. The van der Waals surface area contributed by atoms with E-state index in [4.69, 9.17) is 4.74 Å². The molecule has 1 rings (SSSR count). The van der Waals surface area contributed by atoms with Crippen molar-refractivity contribution >= 4 is 22.8 Å². The highest BCUT2D eigenvalue weighted by Crippen LogP contribution is 2.15. The molecule has 1 aliphatic heterocycles. The van der Waals surface area contributed by atoms with Gasteiger partial charge < -0.3 is 15.4 Å². The first-order valence-electron chi connectivity index (χ1n) is 8.12. The van der Waals surface area contributed by atoms with Crippen molar-refractivity contribution in [3.8, 4) is 0 Å². The zero-order valence-corrected chi connectivity index (χ0v) is 15.0. The molecule has 6 heteroatoms. The second-order valence-corrected chi connectivity index (χ2v) is 6.87. The summed E-state index contributed by atoms with van der Waals surface area (Å²) in [5.74, 6) is 1.15. The van der Waals surface area contributed by atoms with Crippen molar-refractivity contribution in [3.05, 3.63) is 24.1 Å². The summed E-state index contributed by atoms with van der Waals surface area (Å²) in [6, 6.07) is 0. The zero-order valence-electron chi connectivity index (χ0n) is 14.2. The lowest BCUT2D eigenvalue weighted by atomic mass is 10.1. The Balaban J connectivity index is 1.91. The van der Waals surface area contributed by atoms with E-state index in [9.17, 15) is 9.59 Å². The van der Waals surface area contributed by atoms with Crippen molar-refractivity contribution in [1.29, 1.82) is 0 Å². The number of rotatable bonds is 11. The average Bonchev–Trinajstić information content (AvgIpc) is 2.92. The van der Waals surface area contributed by atoms with Crippen LogP contribution < -0.4 is 10.6 Å².